The zero-order chi connectivity index (χ0) is 10.6. The number of nitrogens with zero attached hydrogens (tertiary/aromatic N) is 1. The molecule has 0 heterocycles. The summed E-state index contributed by atoms with van der Waals surface area (Å²) in [5.41, 5.74) is 5.74. The van der Waals surface area contributed by atoms with Gasteiger partial charge in [0.15, 0.2) is 5.96 Å². The van der Waals surface area contributed by atoms with E-state index in [0.717, 1.165) is 18.4 Å². The van der Waals surface area contributed by atoms with Crippen LogP contribution in [-0.2, 0) is 0 Å². The Labute approximate surface area is 87.2 Å². The molecule has 1 aliphatic rings. The fourth-order valence-corrected chi connectivity index (χ4v) is 2.49. The van der Waals surface area contributed by atoms with Crippen LogP contribution < -0.4 is 11.1 Å². The van der Waals surface area contributed by atoms with E-state index in [1.807, 2.05) is 6.92 Å². The van der Waals surface area contributed by atoms with Gasteiger partial charge < -0.3 is 11.1 Å². The molecule has 0 spiro atoms. The maximum absolute atomic E-state index is 5.74. The van der Waals surface area contributed by atoms with Gasteiger partial charge in [0.05, 0.1) is 0 Å². The van der Waals surface area contributed by atoms with Crippen LogP contribution in [-0.4, -0.2) is 18.5 Å². The van der Waals surface area contributed by atoms with E-state index >= 15 is 0 Å². The highest BCUT2D eigenvalue weighted by Crippen LogP contribution is 2.28. The molecule has 14 heavy (non-hydrogen) atoms. The van der Waals surface area contributed by atoms with E-state index < -0.39 is 0 Å². The van der Waals surface area contributed by atoms with Crippen molar-refractivity contribution in [2.75, 3.05) is 6.54 Å². The summed E-state index contributed by atoms with van der Waals surface area (Å²) >= 11 is 0. The molecule has 0 radical (unpaired) electrons. The molecule has 2 atom stereocenters. The lowest BCUT2D eigenvalue weighted by atomic mass is 9.80. The Balaban J connectivity index is 2.40. The van der Waals surface area contributed by atoms with Crippen molar-refractivity contribution < 1.29 is 0 Å². The monoisotopic (exact) mass is 197 g/mol. The minimum Gasteiger partial charge on any atom is -0.370 e. The third-order valence-corrected chi connectivity index (χ3v) is 2.86. The fourth-order valence-electron chi connectivity index (χ4n) is 2.49. The van der Waals surface area contributed by atoms with Gasteiger partial charge in [0.1, 0.15) is 0 Å². The van der Waals surface area contributed by atoms with Crippen molar-refractivity contribution in [3.8, 4) is 0 Å². The molecule has 0 bridgehead atoms. The third kappa shape index (κ3) is 3.56. The summed E-state index contributed by atoms with van der Waals surface area (Å²) in [6.45, 7) is 7.40. The zero-order valence-electron chi connectivity index (χ0n) is 9.59. The molecule has 3 heteroatoms. The molecule has 1 aliphatic carbocycles. The summed E-state index contributed by atoms with van der Waals surface area (Å²) in [4.78, 5) is 4.15. The van der Waals surface area contributed by atoms with Gasteiger partial charge in [-0.1, -0.05) is 13.8 Å². The molecule has 0 aromatic carbocycles. The average Bonchev–Trinajstić information content (AvgIpc) is 2.01. The minimum absolute atomic E-state index is 0.532. The molecule has 1 fully saturated rings. The molecule has 0 aromatic heterocycles. The van der Waals surface area contributed by atoms with E-state index in [0.29, 0.717) is 12.0 Å². The molecule has 2 unspecified atom stereocenters. The van der Waals surface area contributed by atoms with Gasteiger partial charge in [-0.15, -0.1) is 0 Å². The number of rotatable bonds is 2. The molecule has 3 N–H and O–H groups in total. The molecule has 0 aromatic rings. The first kappa shape index (κ1) is 11.3. The topological polar surface area (TPSA) is 50.4 Å². The second-order valence-corrected chi connectivity index (χ2v) is 4.62. The molecular weight excluding hydrogens is 174 g/mol. The first-order valence-electron chi connectivity index (χ1n) is 5.68. The lowest BCUT2D eigenvalue weighted by molar-refractivity contribution is 0.255. The van der Waals surface area contributed by atoms with Gasteiger partial charge in [0.25, 0.3) is 0 Å². The zero-order valence-corrected chi connectivity index (χ0v) is 9.59. The van der Waals surface area contributed by atoms with Gasteiger partial charge in [0, 0.05) is 12.6 Å². The summed E-state index contributed by atoms with van der Waals surface area (Å²) in [5, 5.41) is 3.31. The van der Waals surface area contributed by atoms with Gasteiger partial charge in [-0.25, -0.2) is 0 Å². The van der Waals surface area contributed by atoms with E-state index in [9.17, 15) is 0 Å². The van der Waals surface area contributed by atoms with Crippen molar-refractivity contribution in [3.05, 3.63) is 0 Å². The Morgan fingerprint density at radius 1 is 1.29 bits per heavy atom. The van der Waals surface area contributed by atoms with Crippen LogP contribution in [0.25, 0.3) is 0 Å². The predicted molar refractivity (Wildman–Crippen MR) is 61.3 cm³/mol. The number of hydrogen-bond acceptors (Lipinski definition) is 1. The van der Waals surface area contributed by atoms with Gasteiger partial charge in [-0.3, -0.25) is 4.99 Å². The SMILES string of the molecule is CCN=C(N)NC1CC(C)CC(C)C1. The predicted octanol–water partition coefficient (Wildman–Crippen LogP) is 1.74. The van der Waals surface area contributed by atoms with Crippen molar-refractivity contribution in [1.82, 2.24) is 5.32 Å². The quantitative estimate of drug-likeness (QED) is 0.523. The van der Waals surface area contributed by atoms with Crippen molar-refractivity contribution in [1.29, 1.82) is 0 Å². The molecule has 0 amide bonds. The number of guanidine groups is 1. The highest BCUT2D eigenvalue weighted by Gasteiger charge is 2.23. The minimum atomic E-state index is 0.532. The Morgan fingerprint density at radius 3 is 2.36 bits per heavy atom. The molecule has 0 aliphatic heterocycles. The lowest BCUT2D eigenvalue weighted by Gasteiger charge is -2.32. The third-order valence-electron chi connectivity index (χ3n) is 2.86. The molecule has 0 saturated heterocycles. The Kier molecular flexibility index (Phi) is 4.23. The maximum Gasteiger partial charge on any atom is 0.188 e. The molecule has 82 valence electrons. The van der Waals surface area contributed by atoms with Crippen LogP contribution in [0.5, 0.6) is 0 Å². The summed E-state index contributed by atoms with van der Waals surface area (Å²) in [7, 11) is 0. The number of nitrogens with one attached hydrogen (secondary N) is 1. The molecule has 1 rings (SSSR count). The van der Waals surface area contributed by atoms with Crippen molar-refractivity contribution in [2.45, 2.75) is 46.1 Å². The fraction of sp³-hybridized carbons (Fsp3) is 0.909. The second kappa shape index (κ2) is 5.23. The number of hydrogen-bond donors (Lipinski definition) is 2. The van der Waals surface area contributed by atoms with E-state index in [2.05, 4.69) is 24.2 Å². The van der Waals surface area contributed by atoms with Crippen molar-refractivity contribution in [3.63, 3.8) is 0 Å². The number of aliphatic imine (C=N–C) groups is 1. The first-order chi connectivity index (χ1) is 6.61. The smallest absolute Gasteiger partial charge is 0.188 e. The summed E-state index contributed by atoms with van der Waals surface area (Å²) < 4.78 is 0. The summed E-state index contributed by atoms with van der Waals surface area (Å²) in [6, 6.07) is 0.532. The Morgan fingerprint density at radius 2 is 1.86 bits per heavy atom. The van der Waals surface area contributed by atoms with Gasteiger partial charge >= 0.3 is 0 Å². The van der Waals surface area contributed by atoms with Crippen LogP contribution >= 0.6 is 0 Å². The van der Waals surface area contributed by atoms with E-state index in [1.54, 1.807) is 0 Å². The van der Waals surface area contributed by atoms with Crippen LogP contribution in [0.1, 0.15) is 40.0 Å². The standard InChI is InChI=1S/C11H23N3/c1-4-13-11(12)14-10-6-8(2)5-9(3)7-10/h8-10H,4-7H2,1-3H3,(H3,12,13,14). The second-order valence-electron chi connectivity index (χ2n) is 4.62. The summed E-state index contributed by atoms with van der Waals surface area (Å²) in [5.74, 6) is 2.23. The van der Waals surface area contributed by atoms with Gasteiger partial charge in [-0.05, 0) is 38.0 Å². The highest BCUT2D eigenvalue weighted by atomic mass is 15.1. The molecule has 3 nitrogen and oxygen atoms in total. The van der Waals surface area contributed by atoms with Crippen molar-refractivity contribution in [2.24, 2.45) is 22.6 Å². The van der Waals surface area contributed by atoms with Crippen LogP contribution in [0, 0.1) is 11.8 Å². The maximum atomic E-state index is 5.74. The first-order valence-corrected chi connectivity index (χ1v) is 5.68. The van der Waals surface area contributed by atoms with E-state index in [-0.39, 0.29) is 0 Å². The van der Waals surface area contributed by atoms with Crippen LogP contribution in [0.2, 0.25) is 0 Å². The van der Waals surface area contributed by atoms with E-state index in [1.165, 1.54) is 19.3 Å². The Hall–Kier alpha value is -0.730. The normalized spacial score (nSPS) is 34.2. The van der Waals surface area contributed by atoms with Gasteiger partial charge in [0.2, 0.25) is 0 Å². The Bertz CT molecular complexity index is 191. The lowest BCUT2D eigenvalue weighted by Crippen LogP contribution is -2.43. The highest BCUT2D eigenvalue weighted by molar-refractivity contribution is 5.78. The van der Waals surface area contributed by atoms with Crippen LogP contribution in [0.4, 0.5) is 0 Å². The molecule has 1 saturated carbocycles. The van der Waals surface area contributed by atoms with Crippen LogP contribution in [0.15, 0.2) is 4.99 Å². The van der Waals surface area contributed by atoms with Crippen molar-refractivity contribution >= 4 is 5.96 Å². The van der Waals surface area contributed by atoms with E-state index in [4.69, 9.17) is 5.73 Å². The number of nitrogens with two attached hydrogens (primary N) is 1. The van der Waals surface area contributed by atoms with Crippen LogP contribution in [0.3, 0.4) is 0 Å². The largest absolute Gasteiger partial charge is 0.370 e. The summed E-state index contributed by atoms with van der Waals surface area (Å²) in [6.07, 6.45) is 3.80. The molecular formula is C11H23N3. The van der Waals surface area contributed by atoms with Gasteiger partial charge in [-0.2, -0.15) is 0 Å². The average molecular weight is 197 g/mol.